The highest BCUT2D eigenvalue weighted by molar-refractivity contribution is 6.37. The molecule has 1 aromatic rings. The molecule has 0 atom stereocenters. The number of alkyl halides is 2. The van der Waals surface area contributed by atoms with E-state index in [0.29, 0.717) is 11.7 Å². The number of benzene rings is 1. The van der Waals surface area contributed by atoms with E-state index in [4.69, 9.17) is 23.2 Å². The van der Waals surface area contributed by atoms with Gasteiger partial charge in [-0.05, 0) is 12.1 Å². The standard InChI is InChI=1S/C10H10Cl2F2N2O/c11-7-1-5(16-6-3-15-4-6)2-8(12)9(7)17-10(13)14/h1-2,6,10,15-16H,3-4H2. The average molecular weight is 283 g/mol. The molecule has 1 aliphatic heterocycles. The Bertz CT molecular complexity index is 390. The van der Waals surface area contributed by atoms with Crippen LogP contribution in [0.25, 0.3) is 0 Å². The molecular weight excluding hydrogens is 273 g/mol. The van der Waals surface area contributed by atoms with Crippen molar-refractivity contribution in [2.45, 2.75) is 12.7 Å². The number of halogens is 4. The Labute approximate surface area is 107 Å². The first-order chi connectivity index (χ1) is 8.06. The fourth-order valence-electron chi connectivity index (χ4n) is 1.47. The molecule has 1 heterocycles. The summed E-state index contributed by atoms with van der Waals surface area (Å²) >= 11 is 11.7. The van der Waals surface area contributed by atoms with E-state index in [9.17, 15) is 8.78 Å². The maximum absolute atomic E-state index is 12.1. The smallest absolute Gasteiger partial charge is 0.387 e. The van der Waals surface area contributed by atoms with Crippen molar-refractivity contribution in [1.29, 1.82) is 0 Å². The van der Waals surface area contributed by atoms with Crippen molar-refractivity contribution in [3.8, 4) is 5.75 Å². The van der Waals surface area contributed by atoms with Gasteiger partial charge in [0.1, 0.15) is 0 Å². The third-order valence-corrected chi connectivity index (χ3v) is 2.92. The van der Waals surface area contributed by atoms with E-state index in [1.807, 2.05) is 0 Å². The van der Waals surface area contributed by atoms with Crippen molar-refractivity contribution in [3.05, 3.63) is 22.2 Å². The molecule has 0 aromatic heterocycles. The number of anilines is 1. The van der Waals surface area contributed by atoms with Gasteiger partial charge in [-0.15, -0.1) is 0 Å². The van der Waals surface area contributed by atoms with Crippen molar-refractivity contribution in [3.63, 3.8) is 0 Å². The molecule has 7 heteroatoms. The number of rotatable bonds is 4. The highest BCUT2D eigenvalue weighted by Crippen LogP contribution is 2.37. The highest BCUT2D eigenvalue weighted by atomic mass is 35.5. The van der Waals surface area contributed by atoms with Crippen LogP contribution in [0.5, 0.6) is 5.75 Å². The van der Waals surface area contributed by atoms with Gasteiger partial charge in [-0.2, -0.15) is 8.78 Å². The van der Waals surface area contributed by atoms with Gasteiger partial charge in [0.05, 0.1) is 16.1 Å². The van der Waals surface area contributed by atoms with Crippen molar-refractivity contribution in [2.75, 3.05) is 18.4 Å². The molecule has 0 spiro atoms. The summed E-state index contributed by atoms with van der Waals surface area (Å²) in [7, 11) is 0. The Kier molecular flexibility index (Phi) is 3.91. The van der Waals surface area contributed by atoms with Crippen molar-refractivity contribution < 1.29 is 13.5 Å². The van der Waals surface area contributed by atoms with Crippen LogP contribution in [0.1, 0.15) is 0 Å². The second-order valence-electron chi connectivity index (χ2n) is 3.65. The molecule has 1 saturated heterocycles. The zero-order valence-electron chi connectivity index (χ0n) is 8.64. The monoisotopic (exact) mass is 282 g/mol. The molecule has 17 heavy (non-hydrogen) atoms. The van der Waals surface area contributed by atoms with E-state index in [1.54, 1.807) is 0 Å². The van der Waals surface area contributed by atoms with Gasteiger partial charge >= 0.3 is 6.61 Å². The summed E-state index contributed by atoms with van der Waals surface area (Å²) in [5.74, 6) is -0.194. The van der Waals surface area contributed by atoms with Crippen molar-refractivity contribution in [2.24, 2.45) is 0 Å². The van der Waals surface area contributed by atoms with Crippen LogP contribution in [-0.4, -0.2) is 25.7 Å². The molecule has 0 amide bonds. The lowest BCUT2D eigenvalue weighted by molar-refractivity contribution is -0.0497. The normalized spacial score (nSPS) is 15.8. The summed E-state index contributed by atoms with van der Waals surface area (Å²) < 4.78 is 28.4. The Morgan fingerprint density at radius 3 is 2.29 bits per heavy atom. The minimum Gasteiger partial charge on any atom is -0.432 e. The van der Waals surface area contributed by atoms with E-state index >= 15 is 0 Å². The van der Waals surface area contributed by atoms with Gasteiger partial charge in [0.25, 0.3) is 0 Å². The number of hydrogen-bond donors (Lipinski definition) is 2. The van der Waals surface area contributed by atoms with Gasteiger partial charge in [-0.1, -0.05) is 23.2 Å². The molecule has 0 aliphatic carbocycles. The van der Waals surface area contributed by atoms with Crippen molar-refractivity contribution in [1.82, 2.24) is 5.32 Å². The van der Waals surface area contributed by atoms with E-state index in [-0.39, 0.29) is 15.8 Å². The van der Waals surface area contributed by atoms with Gasteiger partial charge in [0.15, 0.2) is 5.75 Å². The molecule has 0 bridgehead atoms. The van der Waals surface area contributed by atoms with Gasteiger partial charge in [-0.3, -0.25) is 0 Å². The van der Waals surface area contributed by atoms with Crippen LogP contribution in [0.2, 0.25) is 10.0 Å². The molecule has 3 nitrogen and oxygen atoms in total. The van der Waals surface area contributed by atoms with Crippen LogP contribution in [0.15, 0.2) is 12.1 Å². The van der Waals surface area contributed by atoms with Crippen LogP contribution in [0, 0.1) is 0 Å². The number of ether oxygens (including phenoxy) is 1. The zero-order valence-corrected chi connectivity index (χ0v) is 10.2. The predicted octanol–water partition coefficient (Wildman–Crippen LogP) is 2.98. The lowest BCUT2D eigenvalue weighted by Crippen LogP contribution is -2.51. The van der Waals surface area contributed by atoms with Gasteiger partial charge < -0.3 is 15.4 Å². The van der Waals surface area contributed by atoms with E-state index in [0.717, 1.165) is 13.1 Å². The minimum atomic E-state index is -2.94. The Balaban J connectivity index is 2.15. The third-order valence-electron chi connectivity index (χ3n) is 2.36. The summed E-state index contributed by atoms with van der Waals surface area (Å²) in [5.41, 5.74) is 0.688. The topological polar surface area (TPSA) is 33.3 Å². The second kappa shape index (κ2) is 5.25. The molecular formula is C10H10Cl2F2N2O. The molecule has 0 unspecified atom stereocenters. The molecule has 1 fully saturated rings. The quantitative estimate of drug-likeness (QED) is 0.891. The van der Waals surface area contributed by atoms with Gasteiger partial charge in [0.2, 0.25) is 0 Å². The fraction of sp³-hybridized carbons (Fsp3) is 0.400. The van der Waals surface area contributed by atoms with Crippen LogP contribution >= 0.6 is 23.2 Å². The fourth-order valence-corrected chi connectivity index (χ4v) is 2.05. The maximum atomic E-state index is 12.1. The molecule has 2 N–H and O–H groups in total. The lowest BCUT2D eigenvalue weighted by atomic mass is 10.1. The van der Waals surface area contributed by atoms with E-state index < -0.39 is 6.61 Å². The van der Waals surface area contributed by atoms with Crippen molar-refractivity contribution >= 4 is 28.9 Å². The van der Waals surface area contributed by atoms with Gasteiger partial charge in [0, 0.05) is 18.8 Å². The van der Waals surface area contributed by atoms with Crippen LogP contribution in [0.4, 0.5) is 14.5 Å². The zero-order chi connectivity index (χ0) is 12.4. The SMILES string of the molecule is FC(F)Oc1c(Cl)cc(NC2CNC2)cc1Cl. The van der Waals surface area contributed by atoms with Gasteiger partial charge in [-0.25, -0.2) is 0 Å². The third kappa shape index (κ3) is 3.12. The summed E-state index contributed by atoms with van der Waals surface area (Å²) in [6, 6.07) is 3.34. The summed E-state index contributed by atoms with van der Waals surface area (Å²) in [4.78, 5) is 0. The summed E-state index contributed by atoms with van der Waals surface area (Å²) in [6.07, 6.45) is 0. The predicted molar refractivity (Wildman–Crippen MR) is 63.4 cm³/mol. The first kappa shape index (κ1) is 12.7. The highest BCUT2D eigenvalue weighted by Gasteiger charge is 2.18. The Morgan fingerprint density at radius 2 is 1.88 bits per heavy atom. The van der Waals surface area contributed by atoms with E-state index in [1.165, 1.54) is 12.1 Å². The lowest BCUT2D eigenvalue weighted by Gasteiger charge is -2.29. The molecule has 0 radical (unpaired) electrons. The number of nitrogens with one attached hydrogen (secondary N) is 2. The maximum Gasteiger partial charge on any atom is 0.387 e. The second-order valence-corrected chi connectivity index (χ2v) is 4.46. The Morgan fingerprint density at radius 1 is 1.29 bits per heavy atom. The largest absolute Gasteiger partial charge is 0.432 e. The molecule has 2 rings (SSSR count). The molecule has 94 valence electrons. The molecule has 0 saturated carbocycles. The Hall–Kier alpha value is -0.780. The minimum absolute atomic E-state index is 0.0626. The first-order valence-corrected chi connectivity index (χ1v) is 5.73. The van der Waals surface area contributed by atoms with E-state index in [2.05, 4.69) is 15.4 Å². The molecule has 1 aliphatic rings. The van der Waals surface area contributed by atoms with Crippen LogP contribution in [-0.2, 0) is 0 Å². The summed E-state index contributed by atoms with van der Waals surface area (Å²) in [6.45, 7) is -1.24. The van der Waals surface area contributed by atoms with Crippen LogP contribution in [0.3, 0.4) is 0 Å². The first-order valence-electron chi connectivity index (χ1n) is 4.97. The molecule has 1 aromatic carbocycles. The average Bonchev–Trinajstić information content (AvgIpc) is 2.17. The summed E-state index contributed by atoms with van der Waals surface area (Å²) in [5, 5.41) is 6.39. The number of hydrogen-bond acceptors (Lipinski definition) is 3. The van der Waals surface area contributed by atoms with Crippen LogP contribution < -0.4 is 15.4 Å².